The smallest absolute Gasteiger partial charge is 0.252 e. The van der Waals surface area contributed by atoms with Gasteiger partial charge in [-0.3, -0.25) is 0 Å². The fraction of sp³-hybridized carbons (Fsp3) is 0.615. The molecule has 19 heavy (non-hydrogen) atoms. The number of hydrogen-bond acceptors (Lipinski definition) is 4. The molecule has 0 aliphatic heterocycles. The average molecular weight is 273 g/mol. The number of rotatable bonds is 8. The van der Waals surface area contributed by atoms with E-state index in [0.29, 0.717) is 6.07 Å². The minimum absolute atomic E-state index is 0.171. The highest BCUT2D eigenvalue weighted by Gasteiger charge is 2.14. The van der Waals surface area contributed by atoms with E-state index >= 15 is 0 Å². The molecule has 0 saturated carbocycles. The molecule has 108 valence electrons. The standard InChI is InChI=1S/C13H21F2N3O/c1-3-4-5-6-7-9(2)19-13-11(15)8-10(14)12(17-13)18-16/h8-9H,3-7,16H2,1-2H3,(H,17,18). The van der Waals surface area contributed by atoms with Crippen molar-refractivity contribution < 1.29 is 13.5 Å². The third kappa shape index (κ3) is 4.98. The number of anilines is 1. The molecule has 0 bridgehead atoms. The second-order valence-electron chi connectivity index (χ2n) is 4.53. The Kier molecular flexibility index (Phi) is 6.49. The molecule has 3 N–H and O–H groups in total. The zero-order valence-corrected chi connectivity index (χ0v) is 11.4. The predicted molar refractivity (Wildman–Crippen MR) is 70.8 cm³/mol. The largest absolute Gasteiger partial charge is 0.473 e. The number of ether oxygens (including phenoxy) is 1. The van der Waals surface area contributed by atoms with E-state index in [1.54, 1.807) is 0 Å². The van der Waals surface area contributed by atoms with Crippen LogP contribution in [0.2, 0.25) is 0 Å². The van der Waals surface area contributed by atoms with Crippen LogP contribution in [0.15, 0.2) is 6.07 Å². The van der Waals surface area contributed by atoms with Crippen molar-refractivity contribution in [2.75, 3.05) is 5.43 Å². The van der Waals surface area contributed by atoms with E-state index < -0.39 is 11.6 Å². The molecule has 6 heteroatoms. The van der Waals surface area contributed by atoms with Crippen LogP contribution in [0.4, 0.5) is 14.6 Å². The second kappa shape index (κ2) is 7.89. The SMILES string of the molecule is CCCCCCC(C)Oc1nc(NN)c(F)cc1F. The molecule has 0 amide bonds. The summed E-state index contributed by atoms with van der Waals surface area (Å²) in [4.78, 5) is 3.67. The Morgan fingerprint density at radius 2 is 2.05 bits per heavy atom. The van der Waals surface area contributed by atoms with Crippen LogP contribution in [0.3, 0.4) is 0 Å². The maximum Gasteiger partial charge on any atom is 0.252 e. The number of hydrogen-bond donors (Lipinski definition) is 2. The fourth-order valence-corrected chi connectivity index (χ4v) is 1.74. The van der Waals surface area contributed by atoms with E-state index in [-0.39, 0.29) is 17.8 Å². The van der Waals surface area contributed by atoms with Crippen molar-refractivity contribution in [3.05, 3.63) is 17.7 Å². The summed E-state index contributed by atoms with van der Waals surface area (Å²) in [6.45, 7) is 3.98. The Bertz CT molecular complexity index is 402. The van der Waals surface area contributed by atoms with Crippen molar-refractivity contribution in [3.63, 3.8) is 0 Å². The molecular formula is C13H21F2N3O. The summed E-state index contributed by atoms with van der Waals surface area (Å²) in [7, 11) is 0. The van der Waals surface area contributed by atoms with Crippen LogP contribution in [0.5, 0.6) is 5.88 Å². The zero-order chi connectivity index (χ0) is 14.3. The molecule has 1 heterocycles. The summed E-state index contributed by atoms with van der Waals surface area (Å²) in [6, 6.07) is 0.710. The summed E-state index contributed by atoms with van der Waals surface area (Å²) in [6.07, 6.45) is 5.12. The first kappa shape index (κ1) is 15.6. The molecule has 0 fully saturated rings. The summed E-state index contributed by atoms with van der Waals surface area (Å²) >= 11 is 0. The van der Waals surface area contributed by atoms with Crippen molar-refractivity contribution in [2.24, 2.45) is 5.84 Å². The van der Waals surface area contributed by atoms with E-state index in [9.17, 15) is 8.78 Å². The predicted octanol–water partition coefficient (Wildman–Crippen LogP) is 3.38. The third-order valence-corrected chi connectivity index (χ3v) is 2.81. The van der Waals surface area contributed by atoms with Crippen molar-refractivity contribution >= 4 is 5.82 Å². The van der Waals surface area contributed by atoms with Crippen LogP contribution in [0.25, 0.3) is 0 Å². The van der Waals surface area contributed by atoms with Gasteiger partial charge in [0.25, 0.3) is 5.88 Å². The summed E-state index contributed by atoms with van der Waals surface area (Å²) in [5.74, 6) is 2.96. The number of unbranched alkanes of at least 4 members (excludes halogenated alkanes) is 3. The highest BCUT2D eigenvalue weighted by Crippen LogP contribution is 2.22. The Morgan fingerprint density at radius 3 is 2.68 bits per heavy atom. The van der Waals surface area contributed by atoms with Gasteiger partial charge < -0.3 is 10.2 Å². The van der Waals surface area contributed by atoms with Gasteiger partial charge in [-0.05, 0) is 19.8 Å². The number of nitrogens with two attached hydrogens (primary N) is 1. The Balaban J connectivity index is 2.56. The van der Waals surface area contributed by atoms with Gasteiger partial charge in [-0.15, -0.1) is 0 Å². The van der Waals surface area contributed by atoms with Gasteiger partial charge in [-0.2, -0.15) is 4.98 Å². The van der Waals surface area contributed by atoms with Gasteiger partial charge in [0, 0.05) is 6.07 Å². The Hall–Kier alpha value is -1.43. The van der Waals surface area contributed by atoms with E-state index in [4.69, 9.17) is 10.6 Å². The highest BCUT2D eigenvalue weighted by atomic mass is 19.1. The number of nitrogen functional groups attached to an aromatic ring is 1. The molecule has 4 nitrogen and oxygen atoms in total. The zero-order valence-electron chi connectivity index (χ0n) is 11.4. The van der Waals surface area contributed by atoms with Gasteiger partial charge >= 0.3 is 0 Å². The molecule has 0 aliphatic rings. The van der Waals surface area contributed by atoms with Crippen LogP contribution < -0.4 is 16.0 Å². The fourth-order valence-electron chi connectivity index (χ4n) is 1.74. The van der Waals surface area contributed by atoms with Crippen LogP contribution in [0.1, 0.15) is 46.0 Å². The van der Waals surface area contributed by atoms with Crippen molar-refractivity contribution in [3.8, 4) is 5.88 Å². The number of nitrogens with zero attached hydrogens (tertiary/aromatic N) is 1. The maximum atomic E-state index is 13.5. The maximum absolute atomic E-state index is 13.5. The molecule has 1 rings (SSSR count). The lowest BCUT2D eigenvalue weighted by Crippen LogP contribution is -2.16. The second-order valence-corrected chi connectivity index (χ2v) is 4.53. The quantitative estimate of drug-likeness (QED) is 0.433. The monoisotopic (exact) mass is 273 g/mol. The van der Waals surface area contributed by atoms with Crippen LogP contribution in [0, 0.1) is 11.6 Å². The molecular weight excluding hydrogens is 252 g/mol. The summed E-state index contributed by atoms with van der Waals surface area (Å²) in [5.41, 5.74) is 2.06. The van der Waals surface area contributed by atoms with Gasteiger partial charge in [0.05, 0.1) is 6.10 Å². The van der Waals surface area contributed by atoms with Crippen LogP contribution in [-0.2, 0) is 0 Å². The minimum Gasteiger partial charge on any atom is -0.473 e. The van der Waals surface area contributed by atoms with Crippen molar-refractivity contribution in [1.82, 2.24) is 4.98 Å². The molecule has 0 aromatic carbocycles. The highest BCUT2D eigenvalue weighted by molar-refractivity contribution is 5.38. The number of nitrogens with one attached hydrogen (secondary N) is 1. The summed E-state index contributed by atoms with van der Waals surface area (Å²) < 4.78 is 32.0. The molecule has 0 aliphatic carbocycles. The van der Waals surface area contributed by atoms with Gasteiger partial charge in [0.15, 0.2) is 17.5 Å². The van der Waals surface area contributed by atoms with E-state index in [1.807, 2.05) is 6.92 Å². The summed E-state index contributed by atoms with van der Waals surface area (Å²) in [5, 5.41) is 0. The Labute approximate surface area is 112 Å². The average Bonchev–Trinajstić information content (AvgIpc) is 2.38. The van der Waals surface area contributed by atoms with Gasteiger partial charge in [0.2, 0.25) is 0 Å². The molecule has 0 spiro atoms. The number of halogens is 2. The number of aromatic nitrogens is 1. The van der Waals surface area contributed by atoms with Gasteiger partial charge in [0.1, 0.15) is 0 Å². The third-order valence-electron chi connectivity index (χ3n) is 2.81. The topological polar surface area (TPSA) is 60.2 Å². The molecule has 1 aromatic heterocycles. The van der Waals surface area contributed by atoms with E-state index in [0.717, 1.165) is 25.7 Å². The number of pyridine rings is 1. The van der Waals surface area contributed by atoms with Gasteiger partial charge in [-0.25, -0.2) is 14.6 Å². The molecule has 1 unspecified atom stereocenters. The molecule has 1 atom stereocenters. The minimum atomic E-state index is -0.844. The first-order chi connectivity index (χ1) is 9.08. The van der Waals surface area contributed by atoms with E-state index in [1.165, 1.54) is 6.42 Å². The molecule has 0 saturated heterocycles. The molecule has 0 radical (unpaired) electrons. The lowest BCUT2D eigenvalue weighted by Gasteiger charge is -2.15. The lowest BCUT2D eigenvalue weighted by atomic mass is 10.1. The lowest BCUT2D eigenvalue weighted by molar-refractivity contribution is 0.188. The molecule has 1 aromatic rings. The Morgan fingerprint density at radius 1 is 1.32 bits per heavy atom. The first-order valence-electron chi connectivity index (χ1n) is 6.57. The van der Waals surface area contributed by atoms with Crippen molar-refractivity contribution in [2.45, 2.75) is 52.1 Å². The first-order valence-corrected chi connectivity index (χ1v) is 6.57. The normalized spacial score (nSPS) is 12.3. The van der Waals surface area contributed by atoms with Crippen LogP contribution >= 0.6 is 0 Å². The van der Waals surface area contributed by atoms with Crippen molar-refractivity contribution in [1.29, 1.82) is 0 Å². The van der Waals surface area contributed by atoms with Crippen LogP contribution in [-0.4, -0.2) is 11.1 Å². The van der Waals surface area contributed by atoms with E-state index in [2.05, 4.69) is 17.3 Å². The number of hydrazine groups is 1. The van der Waals surface area contributed by atoms with Gasteiger partial charge in [-0.1, -0.05) is 26.2 Å².